The van der Waals surface area contributed by atoms with Crippen LogP contribution in [0.15, 0.2) is 35.4 Å². The van der Waals surface area contributed by atoms with Gasteiger partial charge >= 0.3 is 5.97 Å². The Morgan fingerprint density at radius 3 is 2.70 bits per heavy atom. The fourth-order valence-corrected chi connectivity index (χ4v) is 3.45. The zero-order chi connectivity index (χ0) is 17.2. The number of benzene rings is 1. The second kappa shape index (κ2) is 6.57. The molecular formula is C13H14ClN3O5S. The number of ether oxygens (including phenoxy) is 1. The van der Waals surface area contributed by atoms with Gasteiger partial charge in [0.25, 0.3) is 0 Å². The van der Waals surface area contributed by atoms with Gasteiger partial charge in [-0.1, -0.05) is 17.7 Å². The number of esters is 1. The molecule has 0 bridgehead atoms. The van der Waals surface area contributed by atoms with Crippen molar-refractivity contribution in [3.63, 3.8) is 0 Å². The van der Waals surface area contributed by atoms with Gasteiger partial charge in [0.05, 0.1) is 17.8 Å². The first-order chi connectivity index (χ1) is 10.8. The first-order valence-electron chi connectivity index (χ1n) is 6.33. The number of phenolic OH excluding ortho intramolecular Hbond substituents is 1. The number of phenols is 1. The summed E-state index contributed by atoms with van der Waals surface area (Å²) in [6, 6.07) is 4.03. The molecule has 0 saturated carbocycles. The van der Waals surface area contributed by atoms with Crippen molar-refractivity contribution >= 4 is 27.6 Å². The summed E-state index contributed by atoms with van der Waals surface area (Å²) in [5.74, 6) is -1.42. The predicted molar refractivity (Wildman–Crippen MR) is 81.4 cm³/mol. The van der Waals surface area contributed by atoms with Gasteiger partial charge in [0.15, 0.2) is 11.8 Å². The van der Waals surface area contributed by atoms with Crippen LogP contribution >= 0.6 is 11.6 Å². The van der Waals surface area contributed by atoms with Crippen molar-refractivity contribution in [3.8, 4) is 5.75 Å². The number of sulfonamides is 1. The van der Waals surface area contributed by atoms with Gasteiger partial charge in [0, 0.05) is 13.2 Å². The summed E-state index contributed by atoms with van der Waals surface area (Å²) in [5, 5.41) is 13.6. The Morgan fingerprint density at radius 1 is 1.43 bits per heavy atom. The number of hydrogen-bond donors (Lipinski definition) is 2. The standard InChI is InChI=1S/C13H14ClN3O5S/c1-17-9(6-7-15-17)11(13(19)22-2)16-23(20,21)10-5-3-4-8(14)12(10)18/h3-7,11,16,18H,1-2H3. The number of halogens is 1. The fourth-order valence-electron chi connectivity index (χ4n) is 1.95. The lowest BCUT2D eigenvalue weighted by Crippen LogP contribution is -2.35. The van der Waals surface area contributed by atoms with Crippen LogP contribution in [0.1, 0.15) is 11.7 Å². The average molecular weight is 360 g/mol. The minimum atomic E-state index is -4.24. The molecule has 1 unspecified atom stereocenters. The van der Waals surface area contributed by atoms with E-state index in [1.165, 1.54) is 35.1 Å². The largest absolute Gasteiger partial charge is 0.505 e. The van der Waals surface area contributed by atoms with Gasteiger partial charge < -0.3 is 9.84 Å². The van der Waals surface area contributed by atoms with Gasteiger partial charge in [0.1, 0.15) is 4.90 Å². The van der Waals surface area contributed by atoms with E-state index in [0.717, 1.165) is 7.11 Å². The molecule has 2 rings (SSSR count). The average Bonchev–Trinajstić information content (AvgIpc) is 2.92. The predicted octanol–water partition coefficient (Wildman–Crippen LogP) is 0.972. The molecule has 8 nitrogen and oxygen atoms in total. The number of hydrogen-bond acceptors (Lipinski definition) is 6. The van der Waals surface area contributed by atoms with E-state index in [9.17, 15) is 18.3 Å². The Bertz CT molecular complexity index is 834. The molecule has 0 aliphatic carbocycles. The molecule has 0 amide bonds. The number of carbonyl (C=O) groups is 1. The third-order valence-corrected chi connectivity index (χ3v) is 4.86. The second-order valence-corrected chi connectivity index (χ2v) is 6.63. The summed E-state index contributed by atoms with van der Waals surface area (Å²) in [6.45, 7) is 0. The number of nitrogens with one attached hydrogen (secondary N) is 1. The van der Waals surface area contributed by atoms with E-state index >= 15 is 0 Å². The summed E-state index contributed by atoms with van der Waals surface area (Å²) in [4.78, 5) is 11.5. The number of rotatable bonds is 5. The zero-order valence-corrected chi connectivity index (χ0v) is 13.8. The van der Waals surface area contributed by atoms with Crippen LogP contribution in [0.5, 0.6) is 5.75 Å². The smallest absolute Gasteiger partial charge is 0.330 e. The molecule has 2 aromatic rings. The lowest BCUT2D eigenvalue weighted by Gasteiger charge is -2.17. The van der Waals surface area contributed by atoms with Crippen molar-refractivity contribution in [2.45, 2.75) is 10.9 Å². The van der Waals surface area contributed by atoms with Crippen molar-refractivity contribution in [2.24, 2.45) is 7.05 Å². The highest BCUT2D eigenvalue weighted by molar-refractivity contribution is 7.89. The molecule has 0 aliphatic heterocycles. The van der Waals surface area contributed by atoms with E-state index in [0.29, 0.717) is 0 Å². The summed E-state index contributed by atoms with van der Waals surface area (Å²) in [7, 11) is -1.55. The summed E-state index contributed by atoms with van der Waals surface area (Å²) >= 11 is 5.72. The van der Waals surface area contributed by atoms with E-state index < -0.39 is 32.7 Å². The minimum absolute atomic E-state index is 0.122. The number of aromatic hydroxyl groups is 1. The molecule has 0 radical (unpaired) electrons. The van der Waals surface area contributed by atoms with Gasteiger partial charge in [-0.3, -0.25) is 4.68 Å². The van der Waals surface area contributed by atoms with Crippen LogP contribution in [0.25, 0.3) is 0 Å². The maximum Gasteiger partial charge on any atom is 0.330 e. The van der Waals surface area contributed by atoms with Gasteiger partial charge in [-0.25, -0.2) is 13.2 Å². The van der Waals surface area contributed by atoms with Gasteiger partial charge in [-0.15, -0.1) is 0 Å². The Balaban J connectivity index is 2.45. The highest BCUT2D eigenvalue weighted by atomic mass is 35.5. The van der Waals surface area contributed by atoms with Gasteiger partial charge in [0.2, 0.25) is 10.0 Å². The zero-order valence-electron chi connectivity index (χ0n) is 12.2. The van der Waals surface area contributed by atoms with Crippen LogP contribution in [0.2, 0.25) is 5.02 Å². The topological polar surface area (TPSA) is 111 Å². The minimum Gasteiger partial charge on any atom is -0.505 e. The number of para-hydroxylation sites is 1. The monoisotopic (exact) mass is 359 g/mol. The van der Waals surface area contributed by atoms with E-state index in [1.54, 1.807) is 7.05 Å². The molecule has 23 heavy (non-hydrogen) atoms. The van der Waals surface area contributed by atoms with Crippen LogP contribution in [0.4, 0.5) is 0 Å². The lowest BCUT2D eigenvalue weighted by atomic mass is 10.2. The molecule has 10 heteroatoms. The number of methoxy groups -OCH3 is 1. The highest BCUT2D eigenvalue weighted by Crippen LogP contribution is 2.31. The molecule has 1 aromatic heterocycles. The Hall–Kier alpha value is -2.10. The third-order valence-electron chi connectivity index (χ3n) is 3.10. The number of aryl methyl sites for hydroxylation is 1. The third kappa shape index (κ3) is 3.46. The number of aromatic nitrogens is 2. The molecule has 124 valence electrons. The maximum atomic E-state index is 12.5. The quantitative estimate of drug-likeness (QED) is 0.770. The van der Waals surface area contributed by atoms with E-state index in [4.69, 9.17) is 11.6 Å². The van der Waals surface area contributed by atoms with E-state index in [1.807, 2.05) is 0 Å². The van der Waals surface area contributed by atoms with Crippen LogP contribution in [-0.4, -0.2) is 36.4 Å². The second-order valence-electron chi connectivity index (χ2n) is 4.54. The highest BCUT2D eigenvalue weighted by Gasteiger charge is 2.31. The van der Waals surface area contributed by atoms with Crippen molar-refractivity contribution in [2.75, 3.05) is 7.11 Å². The van der Waals surface area contributed by atoms with Crippen molar-refractivity contribution in [1.29, 1.82) is 0 Å². The first-order valence-corrected chi connectivity index (χ1v) is 8.19. The molecule has 0 spiro atoms. The SMILES string of the molecule is COC(=O)C(NS(=O)(=O)c1cccc(Cl)c1O)c1ccnn1C. The summed E-state index contributed by atoms with van der Waals surface area (Å²) in [6.07, 6.45) is 1.41. The van der Waals surface area contributed by atoms with E-state index in [-0.39, 0.29) is 10.7 Å². The Morgan fingerprint density at radius 2 is 2.13 bits per heavy atom. The van der Waals surface area contributed by atoms with Crippen LogP contribution in [0.3, 0.4) is 0 Å². The number of nitrogens with zero attached hydrogens (tertiary/aromatic N) is 2. The lowest BCUT2D eigenvalue weighted by molar-refractivity contribution is -0.143. The molecule has 0 saturated heterocycles. The van der Waals surface area contributed by atoms with Gasteiger partial charge in [-0.2, -0.15) is 9.82 Å². The number of carbonyl (C=O) groups excluding carboxylic acids is 1. The van der Waals surface area contributed by atoms with Crippen LogP contribution in [-0.2, 0) is 26.6 Å². The fraction of sp³-hybridized carbons (Fsp3) is 0.231. The molecule has 2 N–H and O–H groups in total. The van der Waals surface area contributed by atoms with Crippen LogP contribution in [0, 0.1) is 0 Å². The normalized spacial score (nSPS) is 12.8. The Labute approximate surface area is 137 Å². The molecular weight excluding hydrogens is 346 g/mol. The molecule has 0 fully saturated rings. The van der Waals surface area contributed by atoms with Crippen molar-refractivity contribution in [3.05, 3.63) is 41.2 Å². The maximum absolute atomic E-state index is 12.5. The summed E-state index contributed by atoms with van der Waals surface area (Å²) in [5.41, 5.74) is 0.280. The molecule has 1 atom stereocenters. The van der Waals surface area contributed by atoms with Gasteiger partial charge in [-0.05, 0) is 18.2 Å². The molecule has 1 heterocycles. The molecule has 0 aliphatic rings. The van der Waals surface area contributed by atoms with E-state index in [2.05, 4.69) is 14.6 Å². The Kier molecular flexibility index (Phi) is 4.93. The summed E-state index contributed by atoms with van der Waals surface area (Å²) < 4.78 is 33.1. The first kappa shape index (κ1) is 17.3. The van der Waals surface area contributed by atoms with Crippen molar-refractivity contribution in [1.82, 2.24) is 14.5 Å². The molecule has 1 aromatic carbocycles. The van der Waals surface area contributed by atoms with Crippen molar-refractivity contribution < 1.29 is 23.1 Å². The van der Waals surface area contributed by atoms with Crippen LogP contribution < -0.4 is 4.72 Å².